The summed E-state index contributed by atoms with van der Waals surface area (Å²) in [6, 6.07) is 0. The highest BCUT2D eigenvalue weighted by molar-refractivity contribution is 5.67. The molecule has 1 rings (SSSR count). The van der Waals surface area contributed by atoms with Gasteiger partial charge in [-0.15, -0.1) is 0 Å². The van der Waals surface area contributed by atoms with Crippen LogP contribution in [0.4, 0.5) is 4.79 Å². The van der Waals surface area contributed by atoms with Gasteiger partial charge in [-0.25, -0.2) is 4.79 Å². The van der Waals surface area contributed by atoms with Gasteiger partial charge in [-0.3, -0.25) is 0 Å². The maximum atomic E-state index is 11.5. The second-order valence-corrected chi connectivity index (χ2v) is 5.15. The lowest BCUT2D eigenvalue weighted by atomic mass is 9.74. The molecule has 0 bridgehead atoms. The summed E-state index contributed by atoms with van der Waals surface area (Å²) in [7, 11) is 0. The van der Waals surface area contributed by atoms with Crippen LogP contribution < -0.4 is 5.73 Å². The molecule has 0 aliphatic carbocycles. The molecule has 1 amide bonds. The van der Waals surface area contributed by atoms with Crippen molar-refractivity contribution in [3.8, 4) is 0 Å². The Labute approximate surface area is 98.1 Å². The summed E-state index contributed by atoms with van der Waals surface area (Å²) in [5.74, 6) is 0.614. The van der Waals surface area contributed by atoms with E-state index in [2.05, 4.69) is 13.8 Å². The summed E-state index contributed by atoms with van der Waals surface area (Å²) in [5, 5.41) is 0. The van der Waals surface area contributed by atoms with Gasteiger partial charge in [-0.1, -0.05) is 13.8 Å². The van der Waals surface area contributed by atoms with Crippen molar-refractivity contribution in [3.05, 3.63) is 0 Å². The molecule has 1 saturated heterocycles. The van der Waals surface area contributed by atoms with Gasteiger partial charge in [0.25, 0.3) is 0 Å². The number of rotatable bonds is 3. The first-order chi connectivity index (χ1) is 7.51. The largest absolute Gasteiger partial charge is 0.450 e. The second kappa shape index (κ2) is 5.53. The van der Waals surface area contributed by atoms with E-state index in [1.54, 1.807) is 4.90 Å². The first-order valence-corrected chi connectivity index (χ1v) is 6.13. The topological polar surface area (TPSA) is 55.6 Å². The number of ether oxygens (including phenoxy) is 1. The van der Waals surface area contributed by atoms with Gasteiger partial charge in [-0.2, -0.15) is 0 Å². The molecule has 0 spiro atoms. The number of likely N-dealkylation sites (tertiary alicyclic amines) is 1. The van der Waals surface area contributed by atoms with Crippen LogP contribution >= 0.6 is 0 Å². The van der Waals surface area contributed by atoms with Crippen molar-refractivity contribution in [3.63, 3.8) is 0 Å². The first kappa shape index (κ1) is 13.3. The minimum Gasteiger partial charge on any atom is -0.450 e. The molecule has 0 atom stereocenters. The molecule has 2 N–H and O–H groups in total. The van der Waals surface area contributed by atoms with Gasteiger partial charge in [-0.05, 0) is 37.6 Å². The molecule has 4 nitrogen and oxygen atoms in total. The van der Waals surface area contributed by atoms with E-state index in [0.29, 0.717) is 19.1 Å². The van der Waals surface area contributed by atoms with Crippen LogP contribution in [0.25, 0.3) is 0 Å². The van der Waals surface area contributed by atoms with Gasteiger partial charge in [0.15, 0.2) is 0 Å². The third-order valence-electron chi connectivity index (χ3n) is 3.65. The average molecular weight is 228 g/mol. The quantitative estimate of drug-likeness (QED) is 0.802. The number of hydrogen-bond acceptors (Lipinski definition) is 3. The molecule has 0 unspecified atom stereocenters. The van der Waals surface area contributed by atoms with Crippen molar-refractivity contribution in [1.29, 1.82) is 0 Å². The molecule has 1 heterocycles. The van der Waals surface area contributed by atoms with Crippen LogP contribution in [0.5, 0.6) is 0 Å². The van der Waals surface area contributed by atoms with Gasteiger partial charge in [0.2, 0.25) is 0 Å². The van der Waals surface area contributed by atoms with Crippen LogP contribution in [-0.2, 0) is 4.74 Å². The van der Waals surface area contributed by atoms with Gasteiger partial charge in [0.1, 0.15) is 0 Å². The molecular formula is C12H24N2O2. The van der Waals surface area contributed by atoms with Crippen molar-refractivity contribution in [2.75, 3.05) is 26.2 Å². The first-order valence-electron chi connectivity index (χ1n) is 6.13. The maximum Gasteiger partial charge on any atom is 0.409 e. The molecule has 0 aromatic heterocycles. The van der Waals surface area contributed by atoms with Crippen molar-refractivity contribution in [2.45, 2.75) is 33.6 Å². The van der Waals surface area contributed by atoms with Crippen molar-refractivity contribution in [1.82, 2.24) is 4.90 Å². The second-order valence-electron chi connectivity index (χ2n) is 5.15. The van der Waals surface area contributed by atoms with Crippen LogP contribution in [0.15, 0.2) is 0 Å². The minimum atomic E-state index is -0.175. The fourth-order valence-corrected chi connectivity index (χ4v) is 2.22. The average Bonchev–Trinajstić information content (AvgIpc) is 2.29. The van der Waals surface area contributed by atoms with Gasteiger partial charge < -0.3 is 15.4 Å². The van der Waals surface area contributed by atoms with Crippen LogP contribution in [0.3, 0.4) is 0 Å². The van der Waals surface area contributed by atoms with Gasteiger partial charge in [0.05, 0.1) is 6.61 Å². The zero-order valence-electron chi connectivity index (χ0n) is 10.7. The lowest BCUT2D eigenvalue weighted by Crippen LogP contribution is -2.44. The van der Waals surface area contributed by atoms with Crippen molar-refractivity contribution in [2.24, 2.45) is 17.1 Å². The van der Waals surface area contributed by atoms with Crippen LogP contribution in [-0.4, -0.2) is 37.2 Å². The third-order valence-corrected chi connectivity index (χ3v) is 3.65. The van der Waals surface area contributed by atoms with Crippen LogP contribution in [0, 0.1) is 11.3 Å². The van der Waals surface area contributed by atoms with Crippen molar-refractivity contribution < 1.29 is 9.53 Å². The SMILES string of the molecule is CCOC(=O)N1CCC(C(C)(C)CN)CC1. The molecule has 0 aromatic rings. The van der Waals surface area contributed by atoms with E-state index in [-0.39, 0.29) is 11.5 Å². The number of carbonyl (C=O) groups excluding carboxylic acids is 1. The summed E-state index contributed by atoms with van der Waals surface area (Å²) in [4.78, 5) is 13.3. The third kappa shape index (κ3) is 3.11. The Hall–Kier alpha value is -0.770. The summed E-state index contributed by atoms with van der Waals surface area (Å²) >= 11 is 0. The lowest BCUT2D eigenvalue weighted by Gasteiger charge is -2.39. The molecule has 0 radical (unpaired) electrons. The monoisotopic (exact) mass is 228 g/mol. The molecule has 16 heavy (non-hydrogen) atoms. The summed E-state index contributed by atoms with van der Waals surface area (Å²) < 4.78 is 4.99. The molecular weight excluding hydrogens is 204 g/mol. The van der Waals surface area contributed by atoms with E-state index < -0.39 is 0 Å². The Morgan fingerprint density at radius 2 is 2.00 bits per heavy atom. The standard InChI is InChI=1S/C12H24N2O2/c1-4-16-11(15)14-7-5-10(6-8-14)12(2,3)9-13/h10H,4-9,13H2,1-3H3. The summed E-state index contributed by atoms with van der Waals surface area (Å²) in [6.45, 7) is 9.00. The number of piperidine rings is 1. The van der Waals surface area contributed by atoms with Crippen LogP contribution in [0.2, 0.25) is 0 Å². The summed E-state index contributed by atoms with van der Waals surface area (Å²) in [6.07, 6.45) is 1.89. The van der Waals surface area contributed by atoms with E-state index >= 15 is 0 Å². The molecule has 1 fully saturated rings. The normalized spacial score (nSPS) is 18.6. The van der Waals surface area contributed by atoms with Gasteiger partial charge in [0, 0.05) is 13.1 Å². The lowest BCUT2D eigenvalue weighted by molar-refractivity contribution is 0.0712. The molecule has 0 saturated carbocycles. The minimum absolute atomic E-state index is 0.175. The Balaban J connectivity index is 2.42. The Bertz CT molecular complexity index is 233. The predicted octanol–water partition coefficient (Wildman–Crippen LogP) is 1.84. The predicted molar refractivity (Wildman–Crippen MR) is 64.2 cm³/mol. The Morgan fingerprint density at radius 3 is 2.44 bits per heavy atom. The fourth-order valence-electron chi connectivity index (χ4n) is 2.22. The smallest absolute Gasteiger partial charge is 0.409 e. The van der Waals surface area contributed by atoms with E-state index in [1.165, 1.54) is 0 Å². The van der Waals surface area contributed by atoms with Crippen molar-refractivity contribution >= 4 is 6.09 Å². The molecule has 1 aliphatic rings. The number of amides is 1. The number of carbonyl (C=O) groups is 1. The maximum absolute atomic E-state index is 11.5. The van der Waals surface area contributed by atoms with Crippen LogP contribution in [0.1, 0.15) is 33.6 Å². The Morgan fingerprint density at radius 1 is 1.44 bits per heavy atom. The highest BCUT2D eigenvalue weighted by Crippen LogP contribution is 2.34. The molecule has 0 aromatic carbocycles. The highest BCUT2D eigenvalue weighted by atomic mass is 16.6. The zero-order valence-corrected chi connectivity index (χ0v) is 10.7. The van der Waals surface area contributed by atoms with Gasteiger partial charge >= 0.3 is 6.09 Å². The molecule has 4 heteroatoms. The van der Waals surface area contributed by atoms with E-state index in [1.807, 2.05) is 6.92 Å². The molecule has 94 valence electrons. The Kier molecular flexibility index (Phi) is 4.59. The molecule has 1 aliphatic heterocycles. The van der Waals surface area contributed by atoms with E-state index in [9.17, 15) is 4.79 Å². The highest BCUT2D eigenvalue weighted by Gasteiger charge is 2.32. The number of nitrogens with two attached hydrogens (primary N) is 1. The number of hydrogen-bond donors (Lipinski definition) is 1. The fraction of sp³-hybridized carbons (Fsp3) is 0.917. The summed E-state index contributed by atoms with van der Waals surface area (Å²) in [5.41, 5.74) is 5.96. The van der Waals surface area contributed by atoms with E-state index in [0.717, 1.165) is 25.9 Å². The zero-order chi connectivity index (χ0) is 12.2. The number of nitrogens with zero attached hydrogens (tertiary/aromatic N) is 1. The van der Waals surface area contributed by atoms with E-state index in [4.69, 9.17) is 10.5 Å².